The van der Waals surface area contributed by atoms with Crippen molar-refractivity contribution >= 4 is 23.6 Å². The van der Waals surface area contributed by atoms with Crippen LogP contribution in [0.2, 0.25) is 0 Å². The van der Waals surface area contributed by atoms with E-state index in [1.54, 1.807) is 11.8 Å². The van der Waals surface area contributed by atoms with Gasteiger partial charge in [-0.15, -0.1) is 10.2 Å². The molecular formula is C21H35N5O2S. The van der Waals surface area contributed by atoms with E-state index in [9.17, 15) is 4.79 Å². The summed E-state index contributed by atoms with van der Waals surface area (Å²) in [6, 6.07) is 0.475. The van der Waals surface area contributed by atoms with E-state index in [1.165, 1.54) is 32.1 Å². The number of carbonyl (C=O) groups excluding carboxylic acids is 1. The Morgan fingerprint density at radius 1 is 1.10 bits per heavy atom. The first kappa shape index (κ1) is 21.0. The maximum absolute atomic E-state index is 13.1. The van der Waals surface area contributed by atoms with Crippen LogP contribution in [0.5, 0.6) is 0 Å². The highest BCUT2D eigenvalue weighted by Gasteiger charge is 2.35. The Balaban J connectivity index is 1.43. The zero-order valence-electron chi connectivity index (χ0n) is 17.9. The number of ether oxygens (including phenoxy) is 1. The van der Waals surface area contributed by atoms with Crippen LogP contribution in [-0.4, -0.2) is 70.2 Å². The van der Waals surface area contributed by atoms with E-state index in [0.717, 1.165) is 62.8 Å². The molecule has 2 saturated heterocycles. The van der Waals surface area contributed by atoms with E-state index in [2.05, 4.69) is 38.4 Å². The first-order valence-corrected chi connectivity index (χ1v) is 12.3. The number of rotatable bonds is 6. The summed E-state index contributed by atoms with van der Waals surface area (Å²) in [7, 11) is 0. The van der Waals surface area contributed by atoms with E-state index >= 15 is 0 Å². The van der Waals surface area contributed by atoms with Gasteiger partial charge in [0.2, 0.25) is 11.9 Å². The molecule has 1 amide bonds. The number of piperidine rings is 1. The molecule has 29 heavy (non-hydrogen) atoms. The molecule has 7 nitrogen and oxygen atoms in total. The lowest BCUT2D eigenvalue weighted by atomic mass is 9.78. The maximum Gasteiger partial charge on any atom is 0.233 e. The summed E-state index contributed by atoms with van der Waals surface area (Å²) in [6.45, 7) is 9.36. The molecule has 0 aromatic carbocycles. The van der Waals surface area contributed by atoms with Crippen LogP contribution >= 0.6 is 11.8 Å². The first-order chi connectivity index (χ1) is 14.1. The monoisotopic (exact) mass is 421 g/mol. The van der Waals surface area contributed by atoms with Crippen molar-refractivity contribution in [2.75, 3.05) is 43.5 Å². The molecule has 0 N–H and O–H groups in total. The fourth-order valence-corrected chi connectivity index (χ4v) is 5.88. The molecule has 3 fully saturated rings. The Hall–Kier alpha value is -1.28. The molecule has 3 aliphatic rings. The average Bonchev–Trinajstić information content (AvgIpc) is 3.14. The number of likely N-dealkylation sites (tertiary alicyclic amines) is 1. The van der Waals surface area contributed by atoms with Crippen LogP contribution in [0.3, 0.4) is 0 Å². The van der Waals surface area contributed by atoms with Crippen molar-refractivity contribution in [3.63, 3.8) is 0 Å². The van der Waals surface area contributed by atoms with Crippen molar-refractivity contribution in [3.05, 3.63) is 0 Å². The highest BCUT2D eigenvalue weighted by molar-refractivity contribution is 7.99. The average molecular weight is 422 g/mol. The normalized spacial score (nSPS) is 25.3. The van der Waals surface area contributed by atoms with E-state index in [-0.39, 0.29) is 5.91 Å². The van der Waals surface area contributed by atoms with Crippen molar-refractivity contribution in [2.24, 2.45) is 11.8 Å². The van der Waals surface area contributed by atoms with Crippen molar-refractivity contribution in [3.8, 4) is 0 Å². The lowest BCUT2D eigenvalue weighted by molar-refractivity contribution is -0.134. The van der Waals surface area contributed by atoms with Gasteiger partial charge < -0.3 is 14.5 Å². The smallest absolute Gasteiger partial charge is 0.233 e. The maximum atomic E-state index is 13.1. The van der Waals surface area contributed by atoms with Crippen molar-refractivity contribution < 1.29 is 9.53 Å². The Labute approximate surface area is 178 Å². The second-order valence-electron chi connectivity index (χ2n) is 9.02. The molecular weight excluding hydrogens is 386 g/mol. The minimum atomic E-state index is 0.276. The number of carbonyl (C=O) groups is 1. The summed E-state index contributed by atoms with van der Waals surface area (Å²) in [4.78, 5) is 17.5. The summed E-state index contributed by atoms with van der Waals surface area (Å²) in [5, 5.41) is 9.82. The number of fused-ring (bicyclic) bond motifs is 1. The SMILES string of the molecule is CC(C)Cn1c(SCC(=O)N2CCCC3CCCCC32)nnc1N1CCOCC1. The minimum Gasteiger partial charge on any atom is -0.378 e. The Morgan fingerprint density at radius 3 is 2.66 bits per heavy atom. The molecule has 1 aliphatic carbocycles. The van der Waals surface area contributed by atoms with Crippen LogP contribution in [0.4, 0.5) is 5.95 Å². The summed E-state index contributed by atoms with van der Waals surface area (Å²) in [5.41, 5.74) is 0. The third-order valence-corrected chi connectivity index (χ3v) is 7.38. The van der Waals surface area contributed by atoms with Gasteiger partial charge in [0.1, 0.15) is 0 Å². The topological polar surface area (TPSA) is 63.5 Å². The summed E-state index contributed by atoms with van der Waals surface area (Å²) >= 11 is 1.56. The van der Waals surface area contributed by atoms with Gasteiger partial charge in [0, 0.05) is 32.2 Å². The van der Waals surface area contributed by atoms with Crippen LogP contribution in [0.15, 0.2) is 5.16 Å². The standard InChI is InChI=1S/C21H35N5O2S/c1-16(2)14-26-20(24-10-12-28-13-11-24)22-23-21(26)29-15-19(27)25-9-5-7-17-6-3-4-8-18(17)25/h16-18H,3-15H2,1-2H3. The van der Waals surface area contributed by atoms with Gasteiger partial charge in [-0.2, -0.15) is 0 Å². The predicted molar refractivity (Wildman–Crippen MR) is 115 cm³/mol. The number of hydrogen-bond acceptors (Lipinski definition) is 6. The van der Waals surface area contributed by atoms with Crippen LogP contribution in [0, 0.1) is 11.8 Å². The lowest BCUT2D eigenvalue weighted by Gasteiger charge is -2.44. The van der Waals surface area contributed by atoms with Crippen LogP contribution in [0.25, 0.3) is 0 Å². The van der Waals surface area contributed by atoms with Crippen LogP contribution in [0.1, 0.15) is 52.4 Å². The number of hydrogen-bond donors (Lipinski definition) is 0. The van der Waals surface area contributed by atoms with Gasteiger partial charge >= 0.3 is 0 Å². The second-order valence-corrected chi connectivity index (χ2v) is 9.96. The Kier molecular flexibility index (Phi) is 7.00. The van der Waals surface area contributed by atoms with Gasteiger partial charge in [-0.05, 0) is 37.5 Å². The molecule has 0 bridgehead atoms. The first-order valence-electron chi connectivity index (χ1n) is 11.3. The largest absolute Gasteiger partial charge is 0.378 e. The Bertz CT molecular complexity index is 687. The van der Waals surface area contributed by atoms with Crippen molar-refractivity contribution in [1.82, 2.24) is 19.7 Å². The molecule has 2 atom stereocenters. The number of morpholine rings is 1. The molecule has 0 radical (unpaired) electrons. The number of anilines is 1. The van der Waals surface area contributed by atoms with Crippen LogP contribution in [-0.2, 0) is 16.1 Å². The van der Waals surface area contributed by atoms with Gasteiger partial charge in [0.25, 0.3) is 0 Å². The molecule has 1 aromatic rings. The van der Waals surface area contributed by atoms with E-state index in [1.807, 2.05) is 0 Å². The molecule has 3 heterocycles. The van der Waals surface area contributed by atoms with Crippen molar-refractivity contribution in [1.29, 1.82) is 0 Å². The molecule has 4 rings (SSSR count). The molecule has 2 unspecified atom stereocenters. The Morgan fingerprint density at radius 2 is 1.86 bits per heavy atom. The summed E-state index contributed by atoms with van der Waals surface area (Å²) in [6.07, 6.45) is 7.54. The third kappa shape index (κ3) is 4.90. The summed E-state index contributed by atoms with van der Waals surface area (Å²) in [5.74, 6) is 2.87. The number of aromatic nitrogens is 3. The highest BCUT2D eigenvalue weighted by atomic mass is 32.2. The van der Waals surface area contributed by atoms with E-state index in [0.29, 0.717) is 17.7 Å². The molecule has 2 aliphatic heterocycles. The molecule has 1 saturated carbocycles. The van der Waals surface area contributed by atoms with Gasteiger partial charge in [0.05, 0.1) is 19.0 Å². The van der Waals surface area contributed by atoms with Gasteiger partial charge in [-0.1, -0.05) is 38.5 Å². The fraction of sp³-hybridized carbons (Fsp3) is 0.857. The van der Waals surface area contributed by atoms with Gasteiger partial charge in [-0.25, -0.2) is 0 Å². The molecule has 1 aromatic heterocycles. The summed E-state index contributed by atoms with van der Waals surface area (Å²) < 4.78 is 7.69. The van der Waals surface area contributed by atoms with Gasteiger partial charge in [-0.3, -0.25) is 9.36 Å². The molecule has 0 spiro atoms. The zero-order valence-corrected chi connectivity index (χ0v) is 18.7. The predicted octanol–water partition coefficient (Wildman–Crippen LogP) is 3.04. The second kappa shape index (κ2) is 9.69. The minimum absolute atomic E-state index is 0.276. The lowest BCUT2D eigenvalue weighted by Crippen LogP contribution is -2.50. The van der Waals surface area contributed by atoms with E-state index < -0.39 is 0 Å². The number of thioether (sulfide) groups is 1. The van der Waals surface area contributed by atoms with Gasteiger partial charge in [0.15, 0.2) is 5.16 Å². The van der Waals surface area contributed by atoms with Crippen LogP contribution < -0.4 is 4.90 Å². The molecule has 8 heteroatoms. The molecule has 162 valence electrons. The third-order valence-electron chi connectivity index (χ3n) is 6.43. The van der Waals surface area contributed by atoms with E-state index in [4.69, 9.17) is 4.74 Å². The number of amides is 1. The zero-order chi connectivity index (χ0) is 20.2. The highest BCUT2D eigenvalue weighted by Crippen LogP contribution is 2.36. The number of nitrogens with zero attached hydrogens (tertiary/aromatic N) is 5. The van der Waals surface area contributed by atoms with Crippen molar-refractivity contribution in [2.45, 2.75) is 70.1 Å². The quantitative estimate of drug-likeness (QED) is 0.658. The fourth-order valence-electron chi connectivity index (χ4n) is 5.05.